The van der Waals surface area contributed by atoms with Gasteiger partial charge in [0.2, 0.25) is 5.91 Å². The normalized spacial score (nSPS) is 10.4. The lowest BCUT2D eigenvalue weighted by Gasteiger charge is -2.10. The van der Waals surface area contributed by atoms with Crippen molar-refractivity contribution in [1.29, 1.82) is 0 Å². The molecule has 0 aliphatic rings. The zero-order valence-electron chi connectivity index (χ0n) is 12.1. The van der Waals surface area contributed by atoms with Crippen LogP contribution in [0, 0.1) is 13.8 Å². The van der Waals surface area contributed by atoms with E-state index >= 15 is 0 Å². The Kier molecular flexibility index (Phi) is 4.37. The molecule has 2 rings (SSSR count). The Labute approximate surface area is 122 Å². The monoisotopic (exact) mass is 286 g/mol. The number of rotatable bonds is 4. The molecule has 0 radical (unpaired) electrons. The molecule has 6 heteroatoms. The quantitative estimate of drug-likeness (QED) is 0.833. The molecule has 3 N–H and O–H groups in total. The number of hydrogen-bond donors (Lipinski definition) is 2. The van der Waals surface area contributed by atoms with Crippen LogP contribution in [0.15, 0.2) is 35.4 Å². The van der Waals surface area contributed by atoms with Crippen LogP contribution in [0.5, 0.6) is 0 Å². The van der Waals surface area contributed by atoms with E-state index in [9.17, 15) is 9.59 Å². The molecule has 1 amide bonds. The first kappa shape index (κ1) is 14.8. The van der Waals surface area contributed by atoms with Gasteiger partial charge in [-0.05, 0) is 31.5 Å². The van der Waals surface area contributed by atoms with E-state index in [4.69, 9.17) is 5.73 Å². The van der Waals surface area contributed by atoms with Crippen LogP contribution in [0.3, 0.4) is 0 Å². The van der Waals surface area contributed by atoms with Gasteiger partial charge in [-0.3, -0.25) is 14.2 Å². The number of aryl methyl sites for hydroxylation is 2. The van der Waals surface area contributed by atoms with Crippen LogP contribution in [-0.2, 0) is 11.3 Å². The van der Waals surface area contributed by atoms with Crippen LogP contribution < -0.4 is 16.6 Å². The Hall–Kier alpha value is -2.63. The van der Waals surface area contributed by atoms with Crippen molar-refractivity contribution in [1.82, 2.24) is 9.55 Å². The fraction of sp³-hybridized carbons (Fsp3) is 0.267. The summed E-state index contributed by atoms with van der Waals surface area (Å²) in [5, 5.41) is 2.80. The zero-order chi connectivity index (χ0) is 15.4. The lowest BCUT2D eigenvalue weighted by atomic mass is 10.1. The standard InChI is InChI=1S/C15H18N4O2/c1-10-8-15(21)19(9-17-10)7-6-14(20)18-13-5-3-4-12(16)11(13)2/h3-5,8-9H,6-7,16H2,1-2H3,(H,18,20). The molecule has 0 unspecified atom stereocenters. The molecule has 6 nitrogen and oxygen atoms in total. The van der Waals surface area contributed by atoms with E-state index in [1.54, 1.807) is 25.1 Å². The number of nitrogens with zero attached hydrogens (tertiary/aromatic N) is 2. The van der Waals surface area contributed by atoms with Crippen molar-refractivity contribution in [3.05, 3.63) is 52.2 Å². The summed E-state index contributed by atoms with van der Waals surface area (Å²) in [6.45, 7) is 3.89. The molecule has 2 aromatic rings. The van der Waals surface area contributed by atoms with Crippen molar-refractivity contribution in [2.24, 2.45) is 0 Å². The number of nitrogens with one attached hydrogen (secondary N) is 1. The second-order valence-corrected chi connectivity index (χ2v) is 4.88. The van der Waals surface area contributed by atoms with Crippen molar-refractivity contribution in [2.45, 2.75) is 26.8 Å². The number of benzene rings is 1. The van der Waals surface area contributed by atoms with Gasteiger partial charge in [0.15, 0.2) is 0 Å². The number of hydrogen-bond acceptors (Lipinski definition) is 4. The van der Waals surface area contributed by atoms with Gasteiger partial charge < -0.3 is 11.1 Å². The zero-order valence-corrected chi connectivity index (χ0v) is 12.1. The molecule has 0 fully saturated rings. The molecule has 1 aromatic heterocycles. The average molecular weight is 286 g/mol. The summed E-state index contributed by atoms with van der Waals surface area (Å²) in [6, 6.07) is 6.80. The van der Waals surface area contributed by atoms with E-state index in [-0.39, 0.29) is 17.9 Å². The first-order valence-corrected chi connectivity index (χ1v) is 6.65. The van der Waals surface area contributed by atoms with Crippen molar-refractivity contribution in [3.63, 3.8) is 0 Å². The summed E-state index contributed by atoms with van der Waals surface area (Å²) in [4.78, 5) is 27.7. The molecule has 0 bridgehead atoms. The summed E-state index contributed by atoms with van der Waals surface area (Å²) >= 11 is 0. The Morgan fingerprint density at radius 3 is 2.86 bits per heavy atom. The summed E-state index contributed by atoms with van der Waals surface area (Å²) in [5.74, 6) is -0.170. The summed E-state index contributed by atoms with van der Waals surface area (Å²) in [5.41, 5.74) is 8.45. The molecule has 0 aliphatic carbocycles. The van der Waals surface area contributed by atoms with Crippen molar-refractivity contribution in [2.75, 3.05) is 11.1 Å². The van der Waals surface area contributed by atoms with Gasteiger partial charge in [0.1, 0.15) is 0 Å². The van der Waals surface area contributed by atoms with E-state index in [0.717, 1.165) is 5.56 Å². The van der Waals surface area contributed by atoms with Gasteiger partial charge in [0, 0.05) is 36.1 Å². The van der Waals surface area contributed by atoms with Gasteiger partial charge in [0.25, 0.3) is 5.56 Å². The van der Waals surface area contributed by atoms with E-state index in [1.165, 1.54) is 17.0 Å². The Bertz CT molecular complexity index is 722. The highest BCUT2D eigenvalue weighted by Crippen LogP contribution is 2.20. The Morgan fingerprint density at radius 1 is 1.38 bits per heavy atom. The molecule has 0 saturated carbocycles. The number of nitrogens with two attached hydrogens (primary N) is 1. The third-order valence-electron chi connectivity index (χ3n) is 3.25. The molecule has 0 spiro atoms. The highest BCUT2D eigenvalue weighted by Gasteiger charge is 2.07. The predicted octanol–water partition coefficient (Wildman–Crippen LogP) is 1.47. The third kappa shape index (κ3) is 3.68. The molecule has 0 aliphatic heterocycles. The predicted molar refractivity (Wildman–Crippen MR) is 82.1 cm³/mol. The minimum Gasteiger partial charge on any atom is -0.398 e. The average Bonchev–Trinajstić information content (AvgIpc) is 2.43. The molecule has 1 aromatic carbocycles. The Balaban J connectivity index is 1.99. The Morgan fingerprint density at radius 2 is 2.14 bits per heavy atom. The van der Waals surface area contributed by atoms with Gasteiger partial charge in [-0.25, -0.2) is 4.98 Å². The van der Waals surface area contributed by atoms with Crippen LogP contribution in [0.4, 0.5) is 11.4 Å². The van der Waals surface area contributed by atoms with E-state index in [0.29, 0.717) is 23.6 Å². The van der Waals surface area contributed by atoms with Crippen molar-refractivity contribution in [3.8, 4) is 0 Å². The van der Waals surface area contributed by atoms with Crippen LogP contribution in [-0.4, -0.2) is 15.5 Å². The smallest absolute Gasteiger partial charge is 0.253 e. The maximum absolute atomic E-state index is 11.9. The van der Waals surface area contributed by atoms with E-state index in [1.807, 2.05) is 6.92 Å². The minimum atomic E-state index is -0.170. The lowest BCUT2D eigenvalue weighted by molar-refractivity contribution is -0.116. The summed E-state index contributed by atoms with van der Waals surface area (Å²) in [7, 11) is 0. The van der Waals surface area contributed by atoms with Gasteiger partial charge in [-0.15, -0.1) is 0 Å². The molecule has 110 valence electrons. The van der Waals surface area contributed by atoms with E-state index < -0.39 is 0 Å². The molecule has 0 atom stereocenters. The molecule has 1 heterocycles. The number of carbonyl (C=O) groups excluding carboxylic acids is 1. The van der Waals surface area contributed by atoms with Gasteiger partial charge >= 0.3 is 0 Å². The van der Waals surface area contributed by atoms with Gasteiger partial charge in [-0.2, -0.15) is 0 Å². The van der Waals surface area contributed by atoms with Crippen LogP contribution in [0.25, 0.3) is 0 Å². The van der Waals surface area contributed by atoms with Crippen LogP contribution in [0.1, 0.15) is 17.7 Å². The van der Waals surface area contributed by atoms with Crippen LogP contribution in [0.2, 0.25) is 0 Å². The fourth-order valence-electron chi connectivity index (χ4n) is 1.91. The number of amides is 1. The SMILES string of the molecule is Cc1cc(=O)n(CCC(=O)Nc2cccc(N)c2C)cn1. The second kappa shape index (κ2) is 6.21. The lowest BCUT2D eigenvalue weighted by Crippen LogP contribution is -2.23. The van der Waals surface area contributed by atoms with Gasteiger partial charge in [0.05, 0.1) is 6.33 Å². The number of nitrogen functional groups attached to an aromatic ring is 1. The number of aromatic nitrogens is 2. The molecular weight excluding hydrogens is 268 g/mol. The number of carbonyl (C=O) groups is 1. The van der Waals surface area contributed by atoms with Crippen LogP contribution >= 0.6 is 0 Å². The van der Waals surface area contributed by atoms with Crippen molar-refractivity contribution < 1.29 is 4.79 Å². The van der Waals surface area contributed by atoms with Crippen molar-refractivity contribution >= 4 is 17.3 Å². The number of anilines is 2. The summed E-state index contributed by atoms with van der Waals surface area (Å²) in [6.07, 6.45) is 1.65. The summed E-state index contributed by atoms with van der Waals surface area (Å²) < 4.78 is 1.42. The second-order valence-electron chi connectivity index (χ2n) is 4.88. The molecular formula is C15H18N4O2. The largest absolute Gasteiger partial charge is 0.398 e. The maximum Gasteiger partial charge on any atom is 0.253 e. The highest BCUT2D eigenvalue weighted by molar-refractivity contribution is 5.92. The van der Waals surface area contributed by atoms with Gasteiger partial charge in [-0.1, -0.05) is 6.07 Å². The van der Waals surface area contributed by atoms with E-state index in [2.05, 4.69) is 10.3 Å². The highest BCUT2D eigenvalue weighted by atomic mass is 16.1. The maximum atomic E-state index is 11.9. The topological polar surface area (TPSA) is 90.0 Å². The third-order valence-corrected chi connectivity index (χ3v) is 3.25. The first-order chi connectivity index (χ1) is 9.97. The fourth-order valence-corrected chi connectivity index (χ4v) is 1.91. The minimum absolute atomic E-state index is 0.157. The first-order valence-electron chi connectivity index (χ1n) is 6.65. The molecule has 0 saturated heterocycles. The molecule has 21 heavy (non-hydrogen) atoms.